The first-order chi connectivity index (χ1) is 12.6. The van der Waals surface area contributed by atoms with Crippen molar-refractivity contribution in [1.29, 1.82) is 0 Å². The minimum Gasteiger partial charge on any atom is -0.297 e. The summed E-state index contributed by atoms with van der Waals surface area (Å²) in [6, 6.07) is 11.1. The third-order valence-electron chi connectivity index (χ3n) is 4.79. The van der Waals surface area contributed by atoms with Crippen molar-refractivity contribution in [3.8, 4) is 0 Å². The third kappa shape index (κ3) is 3.29. The normalized spacial score (nSPS) is 22.1. The fourth-order valence-corrected chi connectivity index (χ4v) is 3.78. The van der Waals surface area contributed by atoms with Crippen molar-refractivity contribution < 1.29 is 5.03 Å². The smallest absolute Gasteiger partial charge is 0.158 e. The van der Waals surface area contributed by atoms with Gasteiger partial charge in [-0.2, -0.15) is 0 Å². The highest BCUT2D eigenvalue weighted by atomic mass is 35.5. The number of rotatable bonds is 5. The topological polar surface area (TPSA) is 83.3 Å². The van der Waals surface area contributed by atoms with Gasteiger partial charge in [0.15, 0.2) is 5.03 Å². The Hall–Kier alpha value is -2.48. The molecular weight excluding hydrogens is 354 g/mol. The molecule has 1 aliphatic carbocycles. The highest BCUT2D eigenvalue weighted by Gasteiger charge is 2.37. The van der Waals surface area contributed by atoms with E-state index < -0.39 is 11.1 Å². The summed E-state index contributed by atoms with van der Waals surface area (Å²) >= 11 is 5.86. The zero-order valence-corrected chi connectivity index (χ0v) is 14.7. The minimum absolute atomic E-state index is 0.0736. The Morgan fingerprint density at radius 3 is 2.96 bits per heavy atom. The maximum absolute atomic E-state index is 11.1. The third-order valence-corrected chi connectivity index (χ3v) is 5.01. The maximum atomic E-state index is 11.1. The number of hydrogen-bond acceptors (Lipinski definition) is 5. The number of nitrogens with one attached hydrogen (secondary N) is 2. The zero-order valence-electron chi connectivity index (χ0n) is 13.9. The van der Waals surface area contributed by atoms with Crippen molar-refractivity contribution in [2.75, 3.05) is 13.1 Å². The van der Waals surface area contributed by atoms with Crippen LogP contribution >= 0.6 is 11.6 Å². The van der Waals surface area contributed by atoms with Crippen molar-refractivity contribution in [2.24, 2.45) is 0 Å². The first kappa shape index (κ1) is 17.0. The van der Waals surface area contributed by atoms with Crippen LogP contribution in [0.5, 0.6) is 0 Å². The second-order valence-corrected chi connectivity index (χ2v) is 6.80. The molecule has 1 aromatic carbocycles. The van der Waals surface area contributed by atoms with Crippen molar-refractivity contribution in [3.05, 3.63) is 80.1 Å². The fourth-order valence-electron chi connectivity index (χ4n) is 3.67. The Labute approximate surface area is 155 Å². The van der Waals surface area contributed by atoms with Crippen LogP contribution in [0.1, 0.15) is 22.7 Å². The molecular formula is C18H18ClN5O2. The van der Waals surface area contributed by atoms with Crippen LogP contribution in [0.15, 0.2) is 48.2 Å². The Morgan fingerprint density at radius 1 is 1.35 bits per heavy atom. The van der Waals surface area contributed by atoms with Gasteiger partial charge in [0, 0.05) is 25.8 Å². The number of fused-ring (bicyclic) bond motifs is 1. The van der Waals surface area contributed by atoms with Crippen LogP contribution < -0.4 is 10.7 Å². The Bertz CT molecular complexity index is 855. The average Bonchev–Trinajstić information content (AvgIpc) is 3.21. The number of nitrogens with zero attached hydrogens (tertiary/aromatic N) is 3. The largest absolute Gasteiger partial charge is 0.297 e. The Kier molecular flexibility index (Phi) is 4.58. The number of nitro groups is 1. The summed E-state index contributed by atoms with van der Waals surface area (Å²) in [5.74, 6) is 0. The fraction of sp³-hybridized carbons (Fsp3) is 0.278. The molecule has 1 saturated heterocycles. The van der Waals surface area contributed by atoms with Gasteiger partial charge in [0.25, 0.3) is 0 Å². The molecule has 1 aromatic heterocycles. The van der Waals surface area contributed by atoms with E-state index in [0.29, 0.717) is 11.7 Å². The highest BCUT2D eigenvalue weighted by Crippen LogP contribution is 2.37. The number of benzene rings is 1. The second kappa shape index (κ2) is 7.03. The Morgan fingerprint density at radius 2 is 2.19 bits per heavy atom. The zero-order chi connectivity index (χ0) is 18.1. The van der Waals surface area contributed by atoms with Crippen molar-refractivity contribution in [2.45, 2.75) is 18.8 Å². The summed E-state index contributed by atoms with van der Waals surface area (Å²) in [4.78, 5) is 17.5. The van der Waals surface area contributed by atoms with E-state index in [-0.39, 0.29) is 6.17 Å². The van der Waals surface area contributed by atoms with Gasteiger partial charge < -0.3 is 0 Å². The summed E-state index contributed by atoms with van der Waals surface area (Å²) in [6.45, 7) is 2.37. The molecule has 2 aromatic rings. The number of halogens is 1. The molecule has 8 heteroatoms. The monoisotopic (exact) mass is 371 g/mol. The first-order valence-corrected chi connectivity index (χ1v) is 8.78. The Balaban J connectivity index is 1.60. The van der Waals surface area contributed by atoms with E-state index in [9.17, 15) is 10.1 Å². The SMILES string of the molecule is O=[N+]([O-])NC1C(C2NCCN2Cc2ccc(Cl)nc2)=Cc2ccccc21. The quantitative estimate of drug-likeness (QED) is 0.477. The molecule has 26 heavy (non-hydrogen) atoms. The van der Waals surface area contributed by atoms with Gasteiger partial charge in [0.2, 0.25) is 0 Å². The lowest BCUT2D eigenvalue weighted by Gasteiger charge is -2.27. The predicted octanol–water partition coefficient (Wildman–Crippen LogP) is 2.39. The van der Waals surface area contributed by atoms with E-state index in [4.69, 9.17) is 11.6 Å². The van der Waals surface area contributed by atoms with Crippen LogP contribution in [-0.4, -0.2) is 34.2 Å². The lowest BCUT2D eigenvalue weighted by atomic mass is 10.0. The molecule has 0 bridgehead atoms. The minimum atomic E-state index is -0.469. The average molecular weight is 372 g/mol. The first-order valence-electron chi connectivity index (χ1n) is 8.40. The number of aromatic nitrogens is 1. The molecule has 2 aliphatic rings. The molecule has 0 spiro atoms. The second-order valence-electron chi connectivity index (χ2n) is 6.41. The molecule has 2 N–H and O–H groups in total. The van der Waals surface area contributed by atoms with E-state index in [1.54, 1.807) is 12.3 Å². The van der Waals surface area contributed by atoms with E-state index in [0.717, 1.165) is 35.4 Å². The molecule has 0 radical (unpaired) electrons. The lowest BCUT2D eigenvalue weighted by molar-refractivity contribution is -0.550. The molecule has 2 atom stereocenters. The van der Waals surface area contributed by atoms with Crippen molar-refractivity contribution >= 4 is 17.7 Å². The van der Waals surface area contributed by atoms with Gasteiger partial charge in [-0.1, -0.05) is 41.9 Å². The summed E-state index contributed by atoms with van der Waals surface area (Å²) in [6.07, 6.45) is 3.74. The molecule has 134 valence electrons. The maximum Gasteiger partial charge on any atom is 0.158 e. The van der Waals surface area contributed by atoms with Crippen LogP contribution in [0.25, 0.3) is 6.08 Å². The summed E-state index contributed by atoms with van der Waals surface area (Å²) in [5.41, 5.74) is 6.44. The molecule has 0 saturated carbocycles. The van der Waals surface area contributed by atoms with Crippen LogP contribution in [0.2, 0.25) is 5.15 Å². The number of hydrazine groups is 1. The van der Waals surface area contributed by atoms with Crippen molar-refractivity contribution in [3.63, 3.8) is 0 Å². The molecule has 1 fully saturated rings. The van der Waals surface area contributed by atoms with Crippen LogP contribution in [0, 0.1) is 10.1 Å². The number of hydrogen-bond donors (Lipinski definition) is 2. The van der Waals surface area contributed by atoms with E-state index in [1.807, 2.05) is 36.4 Å². The lowest BCUT2D eigenvalue weighted by Crippen LogP contribution is -2.41. The summed E-state index contributed by atoms with van der Waals surface area (Å²) in [7, 11) is 0. The van der Waals surface area contributed by atoms with Crippen LogP contribution in [0.4, 0.5) is 0 Å². The van der Waals surface area contributed by atoms with Gasteiger partial charge in [-0.25, -0.2) is 15.1 Å². The van der Waals surface area contributed by atoms with E-state index in [2.05, 4.69) is 20.6 Å². The summed E-state index contributed by atoms with van der Waals surface area (Å²) in [5, 5.41) is 14.6. The van der Waals surface area contributed by atoms with Crippen LogP contribution in [-0.2, 0) is 6.54 Å². The van der Waals surface area contributed by atoms with Gasteiger partial charge in [-0.3, -0.25) is 10.2 Å². The van der Waals surface area contributed by atoms with E-state index in [1.165, 1.54) is 0 Å². The standard InChI is InChI=1S/C18H18ClN5O2/c19-16-6-5-12(10-21-16)11-23-8-7-20-18(23)15-9-13-3-1-2-4-14(13)17(15)22-24(25)26/h1-6,9-10,17-18,20,22H,7-8,11H2. The molecule has 1 aliphatic heterocycles. The van der Waals surface area contributed by atoms with Gasteiger partial charge >= 0.3 is 0 Å². The van der Waals surface area contributed by atoms with Gasteiger partial charge in [-0.05, 0) is 34.4 Å². The molecule has 4 rings (SSSR count). The van der Waals surface area contributed by atoms with Gasteiger partial charge in [0.05, 0.1) is 6.17 Å². The highest BCUT2D eigenvalue weighted by molar-refractivity contribution is 6.29. The van der Waals surface area contributed by atoms with Gasteiger partial charge in [0.1, 0.15) is 11.2 Å². The summed E-state index contributed by atoms with van der Waals surface area (Å²) < 4.78 is 0. The number of pyridine rings is 1. The van der Waals surface area contributed by atoms with Gasteiger partial charge in [-0.15, -0.1) is 5.43 Å². The molecule has 7 nitrogen and oxygen atoms in total. The molecule has 2 unspecified atom stereocenters. The predicted molar refractivity (Wildman–Crippen MR) is 98.7 cm³/mol. The van der Waals surface area contributed by atoms with E-state index >= 15 is 0 Å². The molecule has 2 heterocycles. The van der Waals surface area contributed by atoms with Crippen LogP contribution in [0.3, 0.4) is 0 Å². The van der Waals surface area contributed by atoms with Crippen molar-refractivity contribution in [1.82, 2.24) is 20.6 Å². The molecule has 0 amide bonds.